The molecule has 2 N–H and O–H groups in total. The molecule has 86 valence electrons. The lowest BCUT2D eigenvalue weighted by Crippen LogP contribution is -2.29. The molecule has 0 aliphatic rings. The highest BCUT2D eigenvalue weighted by Gasteiger charge is 2.01. The molecule has 0 aromatic heterocycles. The third kappa shape index (κ3) is 4.23. The lowest BCUT2D eigenvalue weighted by atomic mass is 10.3. The maximum absolute atomic E-state index is 11.3. The number of amides is 2. The zero-order valence-corrected chi connectivity index (χ0v) is 9.67. The molecule has 0 aliphatic heterocycles. The molecule has 5 heteroatoms. The fourth-order valence-corrected chi connectivity index (χ4v) is 1.09. The summed E-state index contributed by atoms with van der Waals surface area (Å²) in [5.74, 6) is 0.736. The number of carbonyl (C=O) groups is 1. The minimum atomic E-state index is -0.327. The summed E-state index contributed by atoms with van der Waals surface area (Å²) in [5, 5.41) is 5.57. The van der Waals surface area contributed by atoms with Gasteiger partial charge in [-0.15, -0.1) is 0 Å². The Kier molecular flexibility index (Phi) is 4.66. The van der Waals surface area contributed by atoms with Gasteiger partial charge in [0.25, 0.3) is 0 Å². The summed E-state index contributed by atoms with van der Waals surface area (Å²) in [7, 11) is 1.58. The second kappa shape index (κ2) is 6.02. The third-order valence-corrected chi connectivity index (χ3v) is 1.92. The van der Waals surface area contributed by atoms with Crippen LogP contribution >= 0.6 is 11.6 Å². The molecule has 16 heavy (non-hydrogen) atoms. The fraction of sp³-hybridized carbons (Fsp3) is 0.182. The van der Waals surface area contributed by atoms with E-state index in [1.54, 1.807) is 31.4 Å². The van der Waals surface area contributed by atoms with E-state index < -0.39 is 0 Å². The minimum absolute atomic E-state index is 0.240. The van der Waals surface area contributed by atoms with Crippen LogP contribution in [0.4, 0.5) is 10.5 Å². The summed E-state index contributed by atoms with van der Waals surface area (Å²) in [6, 6.07) is 6.68. The molecular weight excluding hydrogens is 228 g/mol. The van der Waals surface area contributed by atoms with E-state index in [4.69, 9.17) is 16.3 Å². The quantitative estimate of drug-likeness (QED) is 0.850. The van der Waals surface area contributed by atoms with Crippen molar-refractivity contribution >= 4 is 23.3 Å². The Morgan fingerprint density at radius 3 is 2.56 bits per heavy atom. The number of methoxy groups -OCH3 is 1. The highest BCUT2D eigenvalue weighted by atomic mass is 35.5. The molecule has 0 saturated heterocycles. The molecule has 0 fully saturated rings. The first-order valence-electron chi connectivity index (χ1n) is 4.64. The molecule has 1 aromatic rings. The Bertz CT molecular complexity index is 376. The highest BCUT2D eigenvalue weighted by Crippen LogP contribution is 2.14. The number of halogens is 1. The molecule has 2 amide bonds. The van der Waals surface area contributed by atoms with E-state index >= 15 is 0 Å². The first-order chi connectivity index (χ1) is 7.61. The predicted octanol–water partition coefficient (Wildman–Crippen LogP) is 2.57. The second-order valence-electron chi connectivity index (χ2n) is 3.05. The van der Waals surface area contributed by atoms with Crippen molar-refractivity contribution in [2.75, 3.05) is 19.0 Å². The van der Waals surface area contributed by atoms with Crippen LogP contribution in [0.25, 0.3) is 0 Å². The van der Waals surface area contributed by atoms with Crippen molar-refractivity contribution in [1.82, 2.24) is 5.32 Å². The van der Waals surface area contributed by atoms with Gasteiger partial charge in [0.15, 0.2) is 0 Å². The van der Waals surface area contributed by atoms with Crippen LogP contribution < -0.4 is 15.4 Å². The molecule has 1 rings (SSSR count). The van der Waals surface area contributed by atoms with Crippen molar-refractivity contribution in [2.45, 2.75) is 0 Å². The van der Waals surface area contributed by atoms with Crippen molar-refractivity contribution in [3.8, 4) is 5.75 Å². The van der Waals surface area contributed by atoms with Gasteiger partial charge in [-0.2, -0.15) is 0 Å². The molecule has 0 heterocycles. The van der Waals surface area contributed by atoms with E-state index in [1.807, 2.05) is 0 Å². The van der Waals surface area contributed by atoms with Crippen molar-refractivity contribution in [1.29, 1.82) is 0 Å². The number of ether oxygens (including phenoxy) is 1. The Balaban J connectivity index is 2.46. The topological polar surface area (TPSA) is 50.4 Å². The number of carbonyl (C=O) groups excluding carboxylic acids is 1. The van der Waals surface area contributed by atoms with E-state index in [0.29, 0.717) is 10.7 Å². The van der Waals surface area contributed by atoms with E-state index in [0.717, 1.165) is 5.75 Å². The normalized spacial score (nSPS) is 9.38. The van der Waals surface area contributed by atoms with Gasteiger partial charge in [-0.1, -0.05) is 18.2 Å². The summed E-state index contributed by atoms with van der Waals surface area (Å²) >= 11 is 5.51. The highest BCUT2D eigenvalue weighted by molar-refractivity contribution is 6.29. The van der Waals surface area contributed by atoms with Crippen LogP contribution in [0.15, 0.2) is 35.9 Å². The van der Waals surface area contributed by atoms with Gasteiger partial charge in [0.05, 0.1) is 13.7 Å². The molecule has 0 saturated carbocycles. The molecule has 0 aliphatic carbocycles. The standard InChI is InChI=1S/C11H13ClN2O2/c1-8(12)7-13-11(15)14-9-3-5-10(16-2)6-4-9/h3-6H,1,7H2,2H3,(H2,13,14,15). The zero-order valence-electron chi connectivity index (χ0n) is 8.92. The van der Waals surface area contributed by atoms with Gasteiger partial charge >= 0.3 is 6.03 Å². The number of hydrogen-bond donors (Lipinski definition) is 2. The van der Waals surface area contributed by atoms with Crippen molar-refractivity contribution in [3.05, 3.63) is 35.9 Å². The summed E-state index contributed by atoms with van der Waals surface area (Å²) in [6.45, 7) is 3.70. The number of rotatable bonds is 4. The van der Waals surface area contributed by atoms with Crippen LogP contribution in [0.3, 0.4) is 0 Å². The predicted molar refractivity (Wildman–Crippen MR) is 65.0 cm³/mol. The summed E-state index contributed by atoms with van der Waals surface area (Å²) in [5.41, 5.74) is 0.679. The Morgan fingerprint density at radius 2 is 2.06 bits per heavy atom. The summed E-state index contributed by atoms with van der Waals surface area (Å²) in [4.78, 5) is 11.3. The summed E-state index contributed by atoms with van der Waals surface area (Å²) < 4.78 is 5.00. The second-order valence-corrected chi connectivity index (χ2v) is 3.59. The number of nitrogens with one attached hydrogen (secondary N) is 2. The number of benzene rings is 1. The van der Waals surface area contributed by atoms with Gasteiger partial charge in [0.2, 0.25) is 0 Å². The van der Waals surface area contributed by atoms with Crippen LogP contribution in [-0.2, 0) is 0 Å². The number of hydrogen-bond acceptors (Lipinski definition) is 2. The molecule has 0 unspecified atom stereocenters. The molecule has 4 nitrogen and oxygen atoms in total. The monoisotopic (exact) mass is 240 g/mol. The number of urea groups is 1. The van der Waals surface area contributed by atoms with Crippen LogP contribution in [-0.4, -0.2) is 19.7 Å². The van der Waals surface area contributed by atoms with Crippen LogP contribution in [0.5, 0.6) is 5.75 Å². The molecule has 0 bridgehead atoms. The molecule has 1 aromatic carbocycles. The minimum Gasteiger partial charge on any atom is -0.497 e. The Labute approximate surface area is 99.2 Å². The molecule has 0 atom stereocenters. The average Bonchev–Trinajstić information content (AvgIpc) is 2.27. The van der Waals surface area contributed by atoms with E-state index in [2.05, 4.69) is 17.2 Å². The van der Waals surface area contributed by atoms with Gasteiger partial charge < -0.3 is 15.4 Å². The maximum atomic E-state index is 11.3. The smallest absolute Gasteiger partial charge is 0.319 e. The van der Waals surface area contributed by atoms with Gasteiger partial charge in [-0.3, -0.25) is 0 Å². The lowest BCUT2D eigenvalue weighted by molar-refractivity contribution is 0.253. The molecule has 0 spiro atoms. The number of anilines is 1. The van der Waals surface area contributed by atoms with Crippen LogP contribution in [0.2, 0.25) is 0 Å². The molecule has 0 radical (unpaired) electrons. The largest absolute Gasteiger partial charge is 0.497 e. The van der Waals surface area contributed by atoms with E-state index in [9.17, 15) is 4.79 Å². The van der Waals surface area contributed by atoms with Crippen molar-refractivity contribution in [3.63, 3.8) is 0 Å². The Morgan fingerprint density at radius 1 is 1.44 bits per heavy atom. The van der Waals surface area contributed by atoms with Gasteiger partial charge in [-0.25, -0.2) is 4.79 Å². The first-order valence-corrected chi connectivity index (χ1v) is 5.02. The van der Waals surface area contributed by atoms with Crippen LogP contribution in [0, 0.1) is 0 Å². The summed E-state index contributed by atoms with van der Waals surface area (Å²) in [6.07, 6.45) is 0. The van der Waals surface area contributed by atoms with Gasteiger partial charge in [0.1, 0.15) is 5.75 Å². The molecular formula is C11H13ClN2O2. The van der Waals surface area contributed by atoms with Crippen molar-refractivity contribution in [2.24, 2.45) is 0 Å². The van der Waals surface area contributed by atoms with E-state index in [-0.39, 0.29) is 12.6 Å². The fourth-order valence-electron chi connectivity index (χ4n) is 1.03. The first kappa shape index (κ1) is 12.4. The lowest BCUT2D eigenvalue weighted by Gasteiger charge is -2.07. The van der Waals surface area contributed by atoms with E-state index in [1.165, 1.54) is 0 Å². The van der Waals surface area contributed by atoms with Gasteiger partial charge in [-0.05, 0) is 24.3 Å². The van der Waals surface area contributed by atoms with Crippen LogP contribution in [0.1, 0.15) is 0 Å². The third-order valence-electron chi connectivity index (χ3n) is 1.79. The zero-order chi connectivity index (χ0) is 12.0. The SMILES string of the molecule is C=C(Cl)CNC(=O)Nc1ccc(OC)cc1. The average molecular weight is 241 g/mol. The van der Waals surface area contributed by atoms with Crippen molar-refractivity contribution < 1.29 is 9.53 Å². The maximum Gasteiger partial charge on any atom is 0.319 e. The Hall–Kier alpha value is -1.68. The van der Waals surface area contributed by atoms with Gasteiger partial charge in [0, 0.05) is 10.7 Å².